The van der Waals surface area contributed by atoms with Gasteiger partial charge >= 0.3 is 0 Å². The number of benzene rings is 1. The number of carbonyl (C=O) groups excluding carboxylic acids is 1. The highest BCUT2D eigenvalue weighted by molar-refractivity contribution is 9.10. The Kier molecular flexibility index (Phi) is 4.34. The Bertz CT molecular complexity index is 460. The van der Waals surface area contributed by atoms with E-state index in [1.165, 1.54) is 12.8 Å². The molecule has 0 bridgehead atoms. The van der Waals surface area contributed by atoms with Crippen molar-refractivity contribution >= 4 is 21.8 Å². The zero-order valence-electron chi connectivity index (χ0n) is 11.9. The molecule has 19 heavy (non-hydrogen) atoms. The summed E-state index contributed by atoms with van der Waals surface area (Å²) in [6, 6.07) is 8.02. The Morgan fingerprint density at radius 3 is 2.53 bits per heavy atom. The van der Waals surface area contributed by atoms with E-state index in [0.29, 0.717) is 11.5 Å². The summed E-state index contributed by atoms with van der Waals surface area (Å²) in [6.07, 6.45) is 4.63. The molecule has 0 saturated heterocycles. The lowest BCUT2D eigenvalue weighted by atomic mass is 9.75. The van der Waals surface area contributed by atoms with Gasteiger partial charge in [-0.05, 0) is 49.3 Å². The maximum Gasteiger partial charge on any atom is 0.253 e. The summed E-state index contributed by atoms with van der Waals surface area (Å²) < 4.78 is 0.955. The van der Waals surface area contributed by atoms with Crippen LogP contribution in [0, 0.1) is 5.41 Å². The van der Waals surface area contributed by atoms with Crippen molar-refractivity contribution in [2.45, 2.75) is 45.6 Å². The second-order valence-corrected chi connectivity index (χ2v) is 7.24. The molecule has 1 aromatic rings. The predicted molar refractivity (Wildman–Crippen MR) is 82.3 cm³/mol. The number of hydrogen-bond donors (Lipinski definition) is 0. The van der Waals surface area contributed by atoms with Crippen molar-refractivity contribution in [3.8, 4) is 0 Å². The first-order valence-electron chi connectivity index (χ1n) is 6.92. The van der Waals surface area contributed by atoms with Crippen molar-refractivity contribution in [1.29, 1.82) is 0 Å². The monoisotopic (exact) mass is 323 g/mol. The van der Waals surface area contributed by atoms with E-state index in [0.717, 1.165) is 22.9 Å². The second-order valence-electron chi connectivity index (χ2n) is 6.32. The Balaban J connectivity index is 2.04. The van der Waals surface area contributed by atoms with Gasteiger partial charge in [0, 0.05) is 23.1 Å². The lowest BCUT2D eigenvalue weighted by Crippen LogP contribution is -2.40. The van der Waals surface area contributed by atoms with Crippen molar-refractivity contribution in [2.75, 3.05) is 7.05 Å². The first kappa shape index (κ1) is 14.6. The van der Waals surface area contributed by atoms with E-state index in [1.54, 1.807) is 0 Å². The molecule has 2 rings (SSSR count). The van der Waals surface area contributed by atoms with Crippen LogP contribution in [0.4, 0.5) is 0 Å². The molecule has 0 aromatic heterocycles. The van der Waals surface area contributed by atoms with Gasteiger partial charge in [0.15, 0.2) is 0 Å². The average molecular weight is 324 g/mol. The van der Waals surface area contributed by atoms with Crippen molar-refractivity contribution < 1.29 is 4.79 Å². The molecular weight excluding hydrogens is 302 g/mol. The zero-order chi connectivity index (χ0) is 14.0. The minimum Gasteiger partial charge on any atom is -0.339 e. The fraction of sp³-hybridized carbons (Fsp3) is 0.562. The lowest BCUT2D eigenvalue weighted by Gasteiger charge is -2.38. The fourth-order valence-electron chi connectivity index (χ4n) is 2.76. The van der Waals surface area contributed by atoms with Crippen LogP contribution in [0.3, 0.4) is 0 Å². The van der Waals surface area contributed by atoms with E-state index in [9.17, 15) is 4.79 Å². The predicted octanol–water partition coefficient (Wildman–Crippen LogP) is 4.49. The van der Waals surface area contributed by atoms with Gasteiger partial charge in [-0.2, -0.15) is 0 Å². The summed E-state index contributed by atoms with van der Waals surface area (Å²) in [4.78, 5) is 14.4. The third kappa shape index (κ3) is 3.59. The summed E-state index contributed by atoms with van der Waals surface area (Å²) in [5.41, 5.74) is 1.21. The van der Waals surface area contributed by atoms with Crippen LogP contribution in [0.25, 0.3) is 0 Å². The molecule has 104 valence electrons. The third-order valence-electron chi connectivity index (χ3n) is 4.25. The SMILES string of the molecule is CN(C(=O)c1cccc(Br)c1)C1CCC(C)(C)CC1. The second kappa shape index (κ2) is 5.66. The number of carbonyl (C=O) groups is 1. The summed E-state index contributed by atoms with van der Waals surface area (Å²) in [5, 5.41) is 0. The van der Waals surface area contributed by atoms with E-state index in [4.69, 9.17) is 0 Å². The molecule has 1 aromatic carbocycles. The van der Waals surface area contributed by atoms with Gasteiger partial charge in [-0.15, -0.1) is 0 Å². The van der Waals surface area contributed by atoms with Gasteiger partial charge in [0.05, 0.1) is 0 Å². The number of halogens is 1. The molecule has 0 atom stereocenters. The van der Waals surface area contributed by atoms with Crippen LogP contribution in [0.5, 0.6) is 0 Å². The van der Waals surface area contributed by atoms with Crippen molar-refractivity contribution in [2.24, 2.45) is 5.41 Å². The molecule has 1 amide bonds. The largest absolute Gasteiger partial charge is 0.339 e. The molecule has 1 aliphatic rings. The van der Waals surface area contributed by atoms with Crippen molar-refractivity contribution in [1.82, 2.24) is 4.90 Å². The standard InChI is InChI=1S/C16H22BrNO/c1-16(2)9-7-14(8-10-16)18(3)15(19)12-5-4-6-13(17)11-12/h4-6,11,14H,7-10H2,1-3H3. The Morgan fingerprint density at radius 1 is 1.32 bits per heavy atom. The molecule has 0 spiro atoms. The van der Waals surface area contributed by atoms with Gasteiger partial charge in [-0.3, -0.25) is 4.79 Å². The van der Waals surface area contributed by atoms with Crippen LogP contribution in [-0.2, 0) is 0 Å². The molecule has 0 unspecified atom stereocenters. The van der Waals surface area contributed by atoms with E-state index in [2.05, 4.69) is 29.8 Å². The third-order valence-corrected chi connectivity index (χ3v) is 4.74. The van der Waals surface area contributed by atoms with Crippen LogP contribution < -0.4 is 0 Å². The fourth-order valence-corrected chi connectivity index (χ4v) is 3.16. The molecular formula is C16H22BrNO. The van der Waals surface area contributed by atoms with Crippen LogP contribution in [0.15, 0.2) is 28.7 Å². The minimum absolute atomic E-state index is 0.131. The molecule has 0 heterocycles. The molecule has 1 fully saturated rings. The van der Waals surface area contributed by atoms with Gasteiger partial charge in [0.2, 0.25) is 0 Å². The van der Waals surface area contributed by atoms with E-state index < -0.39 is 0 Å². The molecule has 2 nitrogen and oxygen atoms in total. The quantitative estimate of drug-likeness (QED) is 0.785. The van der Waals surface area contributed by atoms with Gasteiger partial charge in [0.25, 0.3) is 5.91 Å². The molecule has 0 N–H and O–H groups in total. The summed E-state index contributed by atoms with van der Waals surface area (Å²) in [6.45, 7) is 4.64. The Labute approximate surface area is 124 Å². The first-order chi connectivity index (χ1) is 8.89. The number of amides is 1. The minimum atomic E-state index is 0.131. The highest BCUT2D eigenvalue weighted by atomic mass is 79.9. The number of rotatable bonds is 2. The summed E-state index contributed by atoms with van der Waals surface area (Å²) >= 11 is 3.42. The van der Waals surface area contributed by atoms with Crippen LogP contribution in [0.2, 0.25) is 0 Å². The van der Waals surface area contributed by atoms with Gasteiger partial charge in [-0.1, -0.05) is 35.8 Å². The molecule has 0 radical (unpaired) electrons. The highest BCUT2D eigenvalue weighted by Gasteiger charge is 2.30. The molecule has 1 saturated carbocycles. The molecule has 0 aliphatic heterocycles. The van der Waals surface area contributed by atoms with Crippen LogP contribution in [-0.4, -0.2) is 23.9 Å². The van der Waals surface area contributed by atoms with Gasteiger partial charge in [0.1, 0.15) is 0 Å². The maximum atomic E-state index is 12.5. The van der Waals surface area contributed by atoms with Crippen molar-refractivity contribution in [3.05, 3.63) is 34.3 Å². The number of nitrogens with zero attached hydrogens (tertiary/aromatic N) is 1. The number of hydrogen-bond acceptors (Lipinski definition) is 1. The normalized spacial score (nSPS) is 19.2. The summed E-state index contributed by atoms with van der Waals surface area (Å²) in [5.74, 6) is 0.131. The smallest absolute Gasteiger partial charge is 0.253 e. The highest BCUT2D eigenvalue weighted by Crippen LogP contribution is 2.36. The average Bonchev–Trinajstić information content (AvgIpc) is 2.37. The Morgan fingerprint density at radius 2 is 1.95 bits per heavy atom. The van der Waals surface area contributed by atoms with Gasteiger partial charge < -0.3 is 4.90 Å². The van der Waals surface area contributed by atoms with E-state index in [-0.39, 0.29) is 5.91 Å². The topological polar surface area (TPSA) is 20.3 Å². The Hall–Kier alpha value is -0.830. The molecule has 3 heteroatoms. The lowest BCUT2D eigenvalue weighted by molar-refractivity contribution is 0.0635. The first-order valence-corrected chi connectivity index (χ1v) is 7.71. The summed E-state index contributed by atoms with van der Waals surface area (Å²) in [7, 11) is 1.94. The maximum absolute atomic E-state index is 12.5. The zero-order valence-corrected chi connectivity index (χ0v) is 13.5. The van der Waals surface area contributed by atoms with E-state index >= 15 is 0 Å². The van der Waals surface area contributed by atoms with Crippen LogP contribution >= 0.6 is 15.9 Å². The van der Waals surface area contributed by atoms with Crippen molar-refractivity contribution in [3.63, 3.8) is 0 Å². The van der Waals surface area contributed by atoms with Crippen LogP contribution in [0.1, 0.15) is 49.9 Å². The molecule has 1 aliphatic carbocycles. The van der Waals surface area contributed by atoms with Gasteiger partial charge in [-0.25, -0.2) is 0 Å². The van der Waals surface area contributed by atoms with E-state index in [1.807, 2.05) is 36.2 Å².